The number of aryl methyl sites for hydroxylation is 1. The van der Waals surface area contributed by atoms with Gasteiger partial charge in [0.05, 0.1) is 0 Å². The Kier molecular flexibility index (Phi) is 3.80. The van der Waals surface area contributed by atoms with Gasteiger partial charge in [-0.25, -0.2) is 0 Å². The Morgan fingerprint density at radius 1 is 1.10 bits per heavy atom. The highest BCUT2D eigenvalue weighted by molar-refractivity contribution is 5.83. The summed E-state index contributed by atoms with van der Waals surface area (Å²) < 4.78 is 2.31. The van der Waals surface area contributed by atoms with E-state index in [4.69, 9.17) is 5.73 Å². The molecular formula is C19H22N2. The van der Waals surface area contributed by atoms with Gasteiger partial charge < -0.3 is 10.3 Å². The highest BCUT2D eigenvalue weighted by atomic mass is 14.9. The van der Waals surface area contributed by atoms with Crippen LogP contribution in [0.5, 0.6) is 0 Å². The topological polar surface area (TPSA) is 30.9 Å². The molecule has 108 valence electrons. The molecule has 0 saturated carbocycles. The number of hydrogen-bond donors (Lipinski definition) is 1. The molecule has 0 fully saturated rings. The minimum absolute atomic E-state index is 0.190. The van der Waals surface area contributed by atoms with Crippen LogP contribution in [0.2, 0.25) is 0 Å². The SMILES string of the molecule is Cc1cccc(Cn2ccc3c(CC(C)N)cccc32)c1. The molecule has 0 saturated heterocycles. The van der Waals surface area contributed by atoms with Gasteiger partial charge in [-0.1, -0.05) is 42.0 Å². The molecule has 2 nitrogen and oxygen atoms in total. The van der Waals surface area contributed by atoms with Gasteiger partial charge in [-0.15, -0.1) is 0 Å². The van der Waals surface area contributed by atoms with Crippen molar-refractivity contribution in [3.8, 4) is 0 Å². The van der Waals surface area contributed by atoms with Crippen molar-refractivity contribution in [1.82, 2.24) is 4.57 Å². The third kappa shape index (κ3) is 3.01. The van der Waals surface area contributed by atoms with Crippen LogP contribution in [0.3, 0.4) is 0 Å². The van der Waals surface area contributed by atoms with Gasteiger partial charge >= 0.3 is 0 Å². The summed E-state index contributed by atoms with van der Waals surface area (Å²) in [5, 5.41) is 1.32. The normalized spacial score (nSPS) is 12.7. The van der Waals surface area contributed by atoms with Crippen LogP contribution in [-0.2, 0) is 13.0 Å². The van der Waals surface area contributed by atoms with Crippen LogP contribution in [0.25, 0.3) is 10.9 Å². The molecular weight excluding hydrogens is 256 g/mol. The fourth-order valence-corrected chi connectivity index (χ4v) is 2.96. The Balaban J connectivity index is 1.97. The molecule has 0 radical (unpaired) electrons. The first-order chi connectivity index (χ1) is 10.1. The molecule has 2 N–H and O–H groups in total. The minimum Gasteiger partial charge on any atom is -0.343 e. The summed E-state index contributed by atoms with van der Waals surface area (Å²) in [6, 6.07) is 17.6. The highest BCUT2D eigenvalue weighted by Gasteiger charge is 2.07. The van der Waals surface area contributed by atoms with Gasteiger partial charge in [-0.2, -0.15) is 0 Å². The van der Waals surface area contributed by atoms with Crippen LogP contribution in [0, 0.1) is 6.92 Å². The molecule has 2 aromatic carbocycles. The quantitative estimate of drug-likeness (QED) is 0.771. The molecule has 1 atom stereocenters. The minimum atomic E-state index is 0.190. The number of hydrogen-bond acceptors (Lipinski definition) is 1. The maximum atomic E-state index is 5.96. The Morgan fingerprint density at radius 3 is 2.67 bits per heavy atom. The van der Waals surface area contributed by atoms with E-state index in [1.54, 1.807) is 0 Å². The molecule has 21 heavy (non-hydrogen) atoms. The molecule has 3 aromatic rings. The Bertz CT molecular complexity index is 753. The Morgan fingerprint density at radius 2 is 1.90 bits per heavy atom. The van der Waals surface area contributed by atoms with E-state index >= 15 is 0 Å². The number of aromatic nitrogens is 1. The summed E-state index contributed by atoms with van der Waals surface area (Å²) in [5.74, 6) is 0. The monoisotopic (exact) mass is 278 g/mol. The van der Waals surface area contributed by atoms with Crippen molar-refractivity contribution < 1.29 is 0 Å². The third-order valence-electron chi connectivity index (χ3n) is 3.88. The summed E-state index contributed by atoms with van der Waals surface area (Å²) in [4.78, 5) is 0. The molecule has 0 aliphatic heterocycles. The zero-order valence-electron chi connectivity index (χ0n) is 12.7. The van der Waals surface area contributed by atoms with Crippen molar-refractivity contribution in [2.24, 2.45) is 5.73 Å². The number of rotatable bonds is 4. The molecule has 1 aromatic heterocycles. The predicted octanol–water partition coefficient (Wildman–Crippen LogP) is 3.89. The number of fused-ring (bicyclic) bond motifs is 1. The third-order valence-corrected chi connectivity index (χ3v) is 3.88. The van der Waals surface area contributed by atoms with Crippen molar-refractivity contribution in [1.29, 1.82) is 0 Å². The van der Waals surface area contributed by atoms with E-state index in [1.165, 1.54) is 27.6 Å². The van der Waals surface area contributed by atoms with Gasteiger partial charge in [-0.3, -0.25) is 0 Å². The summed E-state index contributed by atoms with van der Waals surface area (Å²) in [6.45, 7) is 5.10. The van der Waals surface area contributed by atoms with Crippen LogP contribution < -0.4 is 5.73 Å². The Hall–Kier alpha value is -2.06. The maximum absolute atomic E-state index is 5.96. The molecule has 0 aliphatic rings. The average Bonchev–Trinajstić information content (AvgIpc) is 2.83. The van der Waals surface area contributed by atoms with Crippen molar-refractivity contribution in [2.45, 2.75) is 32.9 Å². The van der Waals surface area contributed by atoms with Crippen LogP contribution in [0.4, 0.5) is 0 Å². The van der Waals surface area contributed by atoms with E-state index in [-0.39, 0.29) is 6.04 Å². The van der Waals surface area contributed by atoms with Crippen LogP contribution in [0.15, 0.2) is 54.7 Å². The first-order valence-electron chi connectivity index (χ1n) is 7.51. The van der Waals surface area contributed by atoms with E-state index in [0.29, 0.717) is 0 Å². The highest BCUT2D eigenvalue weighted by Crippen LogP contribution is 2.22. The van der Waals surface area contributed by atoms with Gasteiger partial charge in [0.25, 0.3) is 0 Å². The summed E-state index contributed by atoms with van der Waals surface area (Å²) >= 11 is 0. The molecule has 0 aliphatic carbocycles. The summed E-state index contributed by atoms with van der Waals surface area (Å²) in [6.07, 6.45) is 3.10. The molecule has 0 bridgehead atoms. The summed E-state index contributed by atoms with van der Waals surface area (Å²) in [7, 11) is 0. The van der Waals surface area contributed by atoms with Gasteiger partial charge in [0.15, 0.2) is 0 Å². The fraction of sp³-hybridized carbons (Fsp3) is 0.263. The predicted molar refractivity (Wildman–Crippen MR) is 89.6 cm³/mol. The number of benzene rings is 2. The molecule has 1 heterocycles. The molecule has 0 spiro atoms. The van der Waals surface area contributed by atoms with Crippen LogP contribution in [-0.4, -0.2) is 10.6 Å². The van der Waals surface area contributed by atoms with E-state index in [1.807, 2.05) is 0 Å². The van der Waals surface area contributed by atoms with Crippen molar-refractivity contribution >= 4 is 10.9 Å². The second-order valence-corrected chi connectivity index (χ2v) is 5.96. The second kappa shape index (κ2) is 5.74. The maximum Gasteiger partial charge on any atom is 0.0486 e. The van der Waals surface area contributed by atoms with Crippen LogP contribution >= 0.6 is 0 Å². The van der Waals surface area contributed by atoms with Gasteiger partial charge in [0.2, 0.25) is 0 Å². The lowest BCUT2D eigenvalue weighted by Crippen LogP contribution is -2.17. The van der Waals surface area contributed by atoms with E-state index in [9.17, 15) is 0 Å². The second-order valence-electron chi connectivity index (χ2n) is 5.96. The lowest BCUT2D eigenvalue weighted by molar-refractivity contribution is 0.741. The Labute approximate surface area is 126 Å². The molecule has 3 rings (SSSR count). The standard InChI is InChI=1S/C19H22N2/c1-14-5-3-6-16(11-14)13-21-10-9-18-17(12-15(2)20)7-4-8-19(18)21/h3-11,15H,12-13,20H2,1-2H3. The summed E-state index contributed by atoms with van der Waals surface area (Å²) in [5.41, 5.74) is 11.2. The number of nitrogens with zero attached hydrogens (tertiary/aromatic N) is 1. The lowest BCUT2D eigenvalue weighted by Gasteiger charge is -2.09. The van der Waals surface area contributed by atoms with Crippen molar-refractivity contribution in [3.63, 3.8) is 0 Å². The van der Waals surface area contributed by atoms with Gasteiger partial charge in [0.1, 0.15) is 0 Å². The van der Waals surface area contributed by atoms with Crippen molar-refractivity contribution in [3.05, 3.63) is 71.4 Å². The molecule has 1 unspecified atom stereocenters. The first kappa shape index (κ1) is 13.9. The zero-order chi connectivity index (χ0) is 14.8. The van der Waals surface area contributed by atoms with E-state index in [0.717, 1.165) is 13.0 Å². The van der Waals surface area contributed by atoms with Gasteiger partial charge in [0, 0.05) is 29.7 Å². The molecule has 2 heteroatoms. The van der Waals surface area contributed by atoms with Crippen molar-refractivity contribution in [2.75, 3.05) is 0 Å². The van der Waals surface area contributed by atoms with E-state index < -0.39 is 0 Å². The zero-order valence-corrected chi connectivity index (χ0v) is 12.7. The fourth-order valence-electron chi connectivity index (χ4n) is 2.96. The number of nitrogens with two attached hydrogens (primary N) is 1. The average molecular weight is 278 g/mol. The van der Waals surface area contributed by atoms with Crippen LogP contribution in [0.1, 0.15) is 23.6 Å². The lowest BCUT2D eigenvalue weighted by atomic mass is 10.0. The largest absolute Gasteiger partial charge is 0.343 e. The smallest absolute Gasteiger partial charge is 0.0486 e. The van der Waals surface area contributed by atoms with E-state index in [2.05, 4.69) is 73.1 Å². The van der Waals surface area contributed by atoms with Gasteiger partial charge in [-0.05, 0) is 43.5 Å². The molecule has 0 amide bonds. The first-order valence-corrected chi connectivity index (χ1v) is 7.51.